The molecule has 0 heterocycles. The summed E-state index contributed by atoms with van der Waals surface area (Å²) in [5.74, 6) is 1.56. The van der Waals surface area contributed by atoms with Gasteiger partial charge in [0.1, 0.15) is 0 Å². The number of rotatable bonds is 7. The van der Waals surface area contributed by atoms with Gasteiger partial charge in [-0.05, 0) is 48.8 Å². The van der Waals surface area contributed by atoms with E-state index in [-0.39, 0.29) is 0 Å². The van der Waals surface area contributed by atoms with Crippen LogP contribution in [-0.2, 0) is 0 Å². The molecule has 1 aliphatic carbocycles. The third kappa shape index (κ3) is 4.83. The Morgan fingerprint density at radius 2 is 2.16 bits per heavy atom. The van der Waals surface area contributed by atoms with Crippen molar-refractivity contribution in [1.29, 1.82) is 0 Å². The number of hydrogen-bond acceptors (Lipinski definition) is 1. The zero-order valence-corrected chi connectivity index (χ0v) is 12.6. The second-order valence-electron chi connectivity index (χ2n) is 6.13. The van der Waals surface area contributed by atoms with Crippen LogP contribution in [0.1, 0.15) is 57.1 Å². The fourth-order valence-corrected chi connectivity index (χ4v) is 2.35. The van der Waals surface area contributed by atoms with Crippen LogP contribution in [0.3, 0.4) is 0 Å². The average Bonchev–Trinajstić information content (AvgIpc) is 3.22. The van der Waals surface area contributed by atoms with Crippen molar-refractivity contribution in [3.05, 3.63) is 41.0 Å². The van der Waals surface area contributed by atoms with Crippen LogP contribution in [0.25, 0.3) is 6.08 Å². The van der Waals surface area contributed by atoms with E-state index in [1.54, 1.807) is 0 Å². The molecule has 1 aromatic rings. The minimum atomic E-state index is 0.719. The molecule has 104 valence electrons. The first-order valence-electron chi connectivity index (χ1n) is 7.69. The molecule has 2 rings (SSSR count). The molecule has 0 radical (unpaired) electrons. The van der Waals surface area contributed by atoms with E-state index in [4.69, 9.17) is 0 Å². The van der Waals surface area contributed by atoms with E-state index in [1.165, 1.54) is 29.5 Å². The first-order chi connectivity index (χ1) is 9.19. The van der Waals surface area contributed by atoms with Gasteiger partial charge in [-0.1, -0.05) is 56.7 Å². The van der Waals surface area contributed by atoms with Crippen LogP contribution in [0.2, 0.25) is 0 Å². The van der Waals surface area contributed by atoms with Gasteiger partial charge in [0.25, 0.3) is 0 Å². The SMILES string of the molecule is CCC(=Cc1cccc(C2CC2)c1)CNCC(C)C. The van der Waals surface area contributed by atoms with Gasteiger partial charge in [-0.3, -0.25) is 0 Å². The fraction of sp³-hybridized carbons (Fsp3) is 0.556. The molecule has 0 spiro atoms. The summed E-state index contributed by atoms with van der Waals surface area (Å²) in [5, 5.41) is 3.54. The van der Waals surface area contributed by atoms with Gasteiger partial charge in [-0.2, -0.15) is 0 Å². The molecule has 1 aliphatic rings. The summed E-state index contributed by atoms with van der Waals surface area (Å²) in [6.07, 6.45) is 6.24. The van der Waals surface area contributed by atoms with Crippen molar-refractivity contribution < 1.29 is 0 Å². The first kappa shape index (κ1) is 14.3. The Hall–Kier alpha value is -1.08. The molecule has 1 saturated carbocycles. The lowest BCUT2D eigenvalue weighted by Gasteiger charge is -2.10. The molecule has 0 amide bonds. The predicted octanol–water partition coefficient (Wildman–Crippen LogP) is 4.60. The number of nitrogens with one attached hydrogen (secondary N) is 1. The quantitative estimate of drug-likeness (QED) is 0.752. The van der Waals surface area contributed by atoms with Crippen LogP contribution in [0.4, 0.5) is 0 Å². The Morgan fingerprint density at radius 3 is 2.79 bits per heavy atom. The highest BCUT2D eigenvalue weighted by atomic mass is 14.9. The van der Waals surface area contributed by atoms with Crippen molar-refractivity contribution in [3.8, 4) is 0 Å². The molecule has 1 heteroatoms. The molecule has 1 aromatic carbocycles. The maximum atomic E-state index is 3.54. The average molecular weight is 257 g/mol. The zero-order chi connectivity index (χ0) is 13.7. The van der Waals surface area contributed by atoms with Gasteiger partial charge in [0, 0.05) is 6.54 Å². The van der Waals surface area contributed by atoms with E-state index in [9.17, 15) is 0 Å². The highest BCUT2D eigenvalue weighted by molar-refractivity contribution is 5.54. The van der Waals surface area contributed by atoms with Gasteiger partial charge in [0.05, 0.1) is 0 Å². The van der Waals surface area contributed by atoms with Crippen LogP contribution >= 0.6 is 0 Å². The second kappa shape index (κ2) is 6.91. The summed E-state index contributed by atoms with van der Waals surface area (Å²) in [5.41, 5.74) is 4.39. The second-order valence-corrected chi connectivity index (χ2v) is 6.13. The highest BCUT2D eigenvalue weighted by Crippen LogP contribution is 2.40. The molecular formula is C18H27N. The minimum Gasteiger partial charge on any atom is -0.313 e. The highest BCUT2D eigenvalue weighted by Gasteiger charge is 2.23. The molecule has 0 bridgehead atoms. The van der Waals surface area contributed by atoms with E-state index in [0.29, 0.717) is 0 Å². The lowest BCUT2D eigenvalue weighted by molar-refractivity contribution is 0.569. The van der Waals surface area contributed by atoms with E-state index in [2.05, 4.69) is 56.4 Å². The lowest BCUT2D eigenvalue weighted by atomic mass is 10.0. The summed E-state index contributed by atoms with van der Waals surface area (Å²) in [6.45, 7) is 8.86. The van der Waals surface area contributed by atoms with Crippen molar-refractivity contribution in [2.75, 3.05) is 13.1 Å². The van der Waals surface area contributed by atoms with Crippen LogP contribution in [0.15, 0.2) is 29.8 Å². The van der Waals surface area contributed by atoms with Gasteiger partial charge in [0.2, 0.25) is 0 Å². The van der Waals surface area contributed by atoms with E-state index in [1.807, 2.05) is 0 Å². The monoisotopic (exact) mass is 257 g/mol. The molecule has 1 N–H and O–H groups in total. The minimum absolute atomic E-state index is 0.719. The largest absolute Gasteiger partial charge is 0.313 e. The maximum absolute atomic E-state index is 3.54. The summed E-state index contributed by atoms with van der Waals surface area (Å²) in [4.78, 5) is 0. The third-order valence-corrected chi connectivity index (χ3v) is 3.69. The molecule has 0 saturated heterocycles. The number of benzene rings is 1. The summed E-state index contributed by atoms with van der Waals surface area (Å²) in [6, 6.07) is 9.08. The molecule has 0 aromatic heterocycles. The van der Waals surface area contributed by atoms with Gasteiger partial charge in [0.15, 0.2) is 0 Å². The maximum Gasteiger partial charge on any atom is 0.0167 e. The van der Waals surface area contributed by atoms with Gasteiger partial charge < -0.3 is 5.32 Å². The van der Waals surface area contributed by atoms with Gasteiger partial charge in [-0.15, -0.1) is 0 Å². The van der Waals surface area contributed by atoms with Gasteiger partial charge >= 0.3 is 0 Å². The molecular weight excluding hydrogens is 230 g/mol. The molecule has 1 nitrogen and oxygen atoms in total. The molecule has 0 atom stereocenters. The molecule has 0 aliphatic heterocycles. The van der Waals surface area contributed by atoms with Crippen LogP contribution in [-0.4, -0.2) is 13.1 Å². The third-order valence-electron chi connectivity index (χ3n) is 3.69. The van der Waals surface area contributed by atoms with Crippen molar-refractivity contribution in [2.45, 2.75) is 46.0 Å². The van der Waals surface area contributed by atoms with E-state index >= 15 is 0 Å². The summed E-state index contributed by atoms with van der Waals surface area (Å²) in [7, 11) is 0. The zero-order valence-electron chi connectivity index (χ0n) is 12.6. The number of hydrogen-bond donors (Lipinski definition) is 1. The van der Waals surface area contributed by atoms with Crippen LogP contribution < -0.4 is 5.32 Å². The normalized spacial score (nSPS) is 16.1. The Kier molecular flexibility index (Phi) is 5.21. The Labute approximate surface area is 118 Å². The van der Waals surface area contributed by atoms with Crippen molar-refractivity contribution in [2.24, 2.45) is 5.92 Å². The first-order valence-corrected chi connectivity index (χ1v) is 7.69. The summed E-state index contributed by atoms with van der Waals surface area (Å²) < 4.78 is 0. The van der Waals surface area contributed by atoms with E-state index in [0.717, 1.165) is 31.3 Å². The van der Waals surface area contributed by atoms with E-state index < -0.39 is 0 Å². The standard InChI is InChI=1S/C18H27N/c1-4-15(13-19-12-14(2)3)10-16-6-5-7-18(11-16)17-8-9-17/h5-7,10-11,14,17,19H,4,8-9,12-13H2,1-3H3. The van der Waals surface area contributed by atoms with Crippen LogP contribution in [0, 0.1) is 5.92 Å². The topological polar surface area (TPSA) is 12.0 Å². The van der Waals surface area contributed by atoms with Crippen molar-refractivity contribution in [3.63, 3.8) is 0 Å². The predicted molar refractivity (Wildman–Crippen MR) is 84.4 cm³/mol. The fourth-order valence-electron chi connectivity index (χ4n) is 2.35. The summed E-state index contributed by atoms with van der Waals surface area (Å²) >= 11 is 0. The van der Waals surface area contributed by atoms with Crippen molar-refractivity contribution >= 4 is 6.08 Å². The van der Waals surface area contributed by atoms with Gasteiger partial charge in [-0.25, -0.2) is 0 Å². The molecule has 1 fully saturated rings. The molecule has 19 heavy (non-hydrogen) atoms. The Bertz CT molecular complexity index is 427. The smallest absolute Gasteiger partial charge is 0.0167 e. The Balaban J connectivity index is 1.98. The molecule has 0 unspecified atom stereocenters. The lowest BCUT2D eigenvalue weighted by Crippen LogP contribution is -2.21. The Morgan fingerprint density at radius 1 is 1.37 bits per heavy atom. The van der Waals surface area contributed by atoms with Crippen molar-refractivity contribution in [1.82, 2.24) is 5.32 Å². The van der Waals surface area contributed by atoms with Crippen LogP contribution in [0.5, 0.6) is 0 Å².